The van der Waals surface area contributed by atoms with Crippen LogP contribution in [0.2, 0.25) is 0 Å². The molecule has 1 N–H and O–H groups in total. The Balaban J connectivity index is 1.51. The fourth-order valence-corrected chi connectivity index (χ4v) is 3.42. The lowest BCUT2D eigenvalue weighted by Gasteiger charge is -2.26. The molecule has 1 aromatic heterocycles. The first-order valence-corrected chi connectivity index (χ1v) is 8.55. The molecule has 0 aromatic carbocycles. The third-order valence-corrected chi connectivity index (χ3v) is 4.94. The maximum atomic E-state index is 5.67. The van der Waals surface area contributed by atoms with Gasteiger partial charge in [-0.1, -0.05) is 13.8 Å². The molecule has 4 nitrogen and oxygen atoms in total. The number of hydrogen-bond acceptors (Lipinski definition) is 4. The van der Waals surface area contributed by atoms with Crippen molar-refractivity contribution in [3.8, 4) is 0 Å². The molecule has 2 heterocycles. The second-order valence-electron chi connectivity index (χ2n) is 6.42. The molecule has 0 amide bonds. The Morgan fingerprint density at radius 1 is 1.29 bits per heavy atom. The van der Waals surface area contributed by atoms with Crippen molar-refractivity contribution < 1.29 is 4.42 Å². The Morgan fingerprint density at radius 3 is 2.81 bits per heavy atom. The molecular weight excluding hydrogens is 262 g/mol. The van der Waals surface area contributed by atoms with Crippen LogP contribution < -0.4 is 5.32 Å². The third-order valence-electron chi connectivity index (χ3n) is 4.94. The molecule has 1 unspecified atom stereocenters. The summed E-state index contributed by atoms with van der Waals surface area (Å²) in [5.41, 5.74) is 1.36. The van der Waals surface area contributed by atoms with Crippen LogP contribution in [-0.2, 0) is 13.1 Å². The van der Waals surface area contributed by atoms with Gasteiger partial charge in [0.2, 0.25) is 0 Å². The van der Waals surface area contributed by atoms with Gasteiger partial charge in [-0.05, 0) is 38.4 Å². The van der Waals surface area contributed by atoms with E-state index in [1.165, 1.54) is 37.9 Å². The predicted molar refractivity (Wildman–Crippen MR) is 85.2 cm³/mol. The van der Waals surface area contributed by atoms with Crippen LogP contribution in [0.25, 0.3) is 0 Å². The van der Waals surface area contributed by atoms with Crippen LogP contribution in [0.4, 0.5) is 0 Å². The number of rotatable bonds is 8. The summed E-state index contributed by atoms with van der Waals surface area (Å²) in [6.45, 7) is 11.2. The molecule has 0 bridgehead atoms. The van der Waals surface area contributed by atoms with Crippen molar-refractivity contribution in [1.29, 1.82) is 0 Å². The minimum atomic E-state index is 0.736. The Hall–Kier alpha value is -0.840. The number of nitrogens with zero attached hydrogens (tertiary/aromatic N) is 2. The molecule has 118 valence electrons. The van der Waals surface area contributed by atoms with Gasteiger partial charge in [0.05, 0.1) is 12.8 Å². The molecule has 3 rings (SSSR count). The van der Waals surface area contributed by atoms with Crippen molar-refractivity contribution in [2.24, 2.45) is 0 Å². The molecule has 1 aromatic rings. The summed E-state index contributed by atoms with van der Waals surface area (Å²) in [6.07, 6.45) is 5.80. The van der Waals surface area contributed by atoms with Gasteiger partial charge in [-0.3, -0.25) is 9.80 Å². The van der Waals surface area contributed by atoms with Crippen LogP contribution in [-0.4, -0.2) is 48.1 Å². The normalized spacial score (nSPS) is 23.3. The summed E-state index contributed by atoms with van der Waals surface area (Å²) in [5, 5.41) is 3.55. The lowest BCUT2D eigenvalue weighted by molar-refractivity contribution is 0.208. The highest BCUT2D eigenvalue weighted by Gasteiger charge is 2.27. The number of likely N-dealkylation sites (N-methyl/N-ethyl adjacent to an activating group) is 1. The average molecular weight is 291 g/mol. The fourth-order valence-electron chi connectivity index (χ4n) is 3.42. The second-order valence-corrected chi connectivity index (χ2v) is 6.42. The number of furan rings is 1. The summed E-state index contributed by atoms with van der Waals surface area (Å²) in [7, 11) is 0. The zero-order chi connectivity index (χ0) is 14.7. The van der Waals surface area contributed by atoms with Gasteiger partial charge < -0.3 is 9.73 Å². The Labute approximate surface area is 128 Å². The van der Waals surface area contributed by atoms with Crippen LogP contribution in [0.15, 0.2) is 16.7 Å². The number of hydrogen-bond donors (Lipinski definition) is 1. The van der Waals surface area contributed by atoms with Gasteiger partial charge >= 0.3 is 0 Å². The summed E-state index contributed by atoms with van der Waals surface area (Å²) >= 11 is 0. The summed E-state index contributed by atoms with van der Waals surface area (Å²) in [5.74, 6) is 1.13. The SMILES string of the molecule is CCN(CC)C1CCN(Cc2ccoc2CNC2CC2)C1. The maximum absolute atomic E-state index is 5.67. The summed E-state index contributed by atoms with van der Waals surface area (Å²) < 4.78 is 5.67. The van der Waals surface area contributed by atoms with Gasteiger partial charge in [0.25, 0.3) is 0 Å². The molecule has 1 aliphatic carbocycles. The van der Waals surface area contributed by atoms with E-state index in [2.05, 4.69) is 35.0 Å². The van der Waals surface area contributed by atoms with Gasteiger partial charge in [0.15, 0.2) is 0 Å². The average Bonchev–Trinajstić information content (AvgIpc) is 3.04. The standard InChI is InChI=1S/C17H29N3O/c1-3-20(4-2)16-7-9-19(13-16)12-14-8-10-21-17(14)11-18-15-5-6-15/h8,10,15-16,18H,3-7,9,11-13H2,1-2H3. The van der Waals surface area contributed by atoms with E-state index in [0.29, 0.717) is 0 Å². The van der Waals surface area contributed by atoms with Crippen molar-refractivity contribution >= 4 is 0 Å². The van der Waals surface area contributed by atoms with Crippen LogP contribution in [0.3, 0.4) is 0 Å². The quantitative estimate of drug-likeness (QED) is 0.797. The topological polar surface area (TPSA) is 31.6 Å². The van der Waals surface area contributed by atoms with Crippen molar-refractivity contribution in [3.63, 3.8) is 0 Å². The molecule has 4 heteroatoms. The zero-order valence-electron chi connectivity index (χ0n) is 13.5. The van der Waals surface area contributed by atoms with Gasteiger partial charge in [-0.2, -0.15) is 0 Å². The third kappa shape index (κ3) is 3.87. The van der Waals surface area contributed by atoms with Crippen molar-refractivity contribution in [1.82, 2.24) is 15.1 Å². The van der Waals surface area contributed by atoms with Crippen LogP contribution in [0.5, 0.6) is 0 Å². The Bertz CT molecular complexity index is 437. The van der Waals surface area contributed by atoms with Crippen molar-refractivity contribution in [2.45, 2.75) is 58.3 Å². The van der Waals surface area contributed by atoms with E-state index in [4.69, 9.17) is 4.42 Å². The highest BCUT2D eigenvalue weighted by atomic mass is 16.3. The van der Waals surface area contributed by atoms with Crippen molar-refractivity contribution in [3.05, 3.63) is 23.7 Å². The second kappa shape index (κ2) is 6.95. The minimum Gasteiger partial charge on any atom is -0.468 e. The molecular formula is C17H29N3O. The lowest BCUT2D eigenvalue weighted by atomic mass is 10.2. The lowest BCUT2D eigenvalue weighted by Crippen LogP contribution is -2.37. The summed E-state index contributed by atoms with van der Waals surface area (Å²) in [6, 6.07) is 3.62. The molecule has 1 aliphatic heterocycles. The number of nitrogens with one attached hydrogen (secondary N) is 1. The molecule has 0 spiro atoms. The minimum absolute atomic E-state index is 0.736. The molecule has 0 radical (unpaired) electrons. The van der Waals surface area contributed by atoms with E-state index in [0.717, 1.165) is 44.0 Å². The molecule has 2 fully saturated rings. The maximum Gasteiger partial charge on any atom is 0.122 e. The van der Waals surface area contributed by atoms with Gasteiger partial charge in [-0.15, -0.1) is 0 Å². The van der Waals surface area contributed by atoms with E-state index < -0.39 is 0 Å². The van der Waals surface area contributed by atoms with E-state index in [1.807, 2.05) is 6.26 Å². The Kier molecular flexibility index (Phi) is 4.99. The van der Waals surface area contributed by atoms with E-state index in [1.54, 1.807) is 0 Å². The van der Waals surface area contributed by atoms with E-state index in [-0.39, 0.29) is 0 Å². The highest BCUT2D eigenvalue weighted by molar-refractivity contribution is 5.17. The van der Waals surface area contributed by atoms with E-state index >= 15 is 0 Å². The molecule has 2 aliphatic rings. The van der Waals surface area contributed by atoms with Gasteiger partial charge in [0, 0.05) is 37.3 Å². The molecule has 1 saturated heterocycles. The van der Waals surface area contributed by atoms with Gasteiger partial charge in [-0.25, -0.2) is 0 Å². The largest absolute Gasteiger partial charge is 0.468 e. The van der Waals surface area contributed by atoms with E-state index in [9.17, 15) is 0 Å². The number of likely N-dealkylation sites (tertiary alicyclic amines) is 1. The van der Waals surface area contributed by atoms with Crippen LogP contribution in [0, 0.1) is 0 Å². The smallest absolute Gasteiger partial charge is 0.122 e. The fraction of sp³-hybridized carbons (Fsp3) is 0.765. The summed E-state index contributed by atoms with van der Waals surface area (Å²) in [4.78, 5) is 5.17. The predicted octanol–water partition coefficient (Wildman–Crippen LogP) is 2.45. The zero-order valence-corrected chi connectivity index (χ0v) is 13.5. The van der Waals surface area contributed by atoms with Crippen LogP contribution >= 0.6 is 0 Å². The van der Waals surface area contributed by atoms with Crippen LogP contribution in [0.1, 0.15) is 44.4 Å². The Morgan fingerprint density at radius 2 is 2.10 bits per heavy atom. The first-order valence-electron chi connectivity index (χ1n) is 8.55. The van der Waals surface area contributed by atoms with Gasteiger partial charge in [0.1, 0.15) is 5.76 Å². The van der Waals surface area contributed by atoms with Crippen molar-refractivity contribution in [2.75, 3.05) is 26.2 Å². The highest BCUT2D eigenvalue weighted by Crippen LogP contribution is 2.22. The monoisotopic (exact) mass is 291 g/mol. The molecule has 1 saturated carbocycles. The first-order chi connectivity index (χ1) is 10.3. The molecule has 21 heavy (non-hydrogen) atoms. The first kappa shape index (κ1) is 15.1. The molecule has 1 atom stereocenters.